The van der Waals surface area contributed by atoms with Crippen molar-refractivity contribution in [2.45, 2.75) is 32.5 Å². The lowest BCUT2D eigenvalue weighted by Crippen LogP contribution is -2.39. The summed E-state index contributed by atoms with van der Waals surface area (Å²) in [6.45, 7) is 8.25. The molecular weight excluding hydrogens is 492 g/mol. The Hall–Kier alpha value is -3.64. The van der Waals surface area contributed by atoms with Crippen LogP contribution in [0.3, 0.4) is 0 Å². The summed E-state index contributed by atoms with van der Waals surface area (Å²) in [6, 6.07) is 9.05. The Bertz CT molecular complexity index is 1170. The second kappa shape index (κ2) is 12.5. The fourth-order valence-electron chi connectivity index (χ4n) is 3.34. The van der Waals surface area contributed by atoms with Gasteiger partial charge in [0.2, 0.25) is 29.5 Å². The molecule has 0 radical (unpaired) electrons. The number of carbonyl (C=O) groups is 1. The van der Waals surface area contributed by atoms with Gasteiger partial charge in [-0.2, -0.15) is 9.97 Å². The first kappa shape index (κ1) is 27.9. The van der Waals surface area contributed by atoms with E-state index in [1.165, 1.54) is 14.2 Å². The van der Waals surface area contributed by atoms with Crippen molar-refractivity contribution in [2.24, 2.45) is 0 Å². The van der Waals surface area contributed by atoms with Gasteiger partial charge < -0.3 is 34.2 Å². The van der Waals surface area contributed by atoms with Gasteiger partial charge in [0.15, 0.2) is 5.69 Å². The van der Waals surface area contributed by atoms with E-state index in [0.717, 1.165) is 18.3 Å². The minimum Gasteiger partial charge on any atom is -0.479 e. The molecule has 0 aliphatic rings. The average molecular weight is 529 g/mol. The summed E-state index contributed by atoms with van der Waals surface area (Å²) in [7, 11) is 5.38. The molecule has 1 amide bonds. The monoisotopic (exact) mass is 528 g/mol. The minimum absolute atomic E-state index is 0.0391. The summed E-state index contributed by atoms with van der Waals surface area (Å²) in [4.78, 5) is 28.2. The van der Waals surface area contributed by atoms with Gasteiger partial charge >= 0.3 is 0 Å². The number of hydrogen-bond acceptors (Lipinski definition) is 10. The Morgan fingerprint density at radius 1 is 1.03 bits per heavy atom. The van der Waals surface area contributed by atoms with Crippen molar-refractivity contribution in [3.05, 3.63) is 36.1 Å². The number of nitrogens with one attached hydrogen (secondary N) is 2. The van der Waals surface area contributed by atoms with Gasteiger partial charge in [-0.15, -0.1) is 0 Å². The number of pyridine rings is 1. The van der Waals surface area contributed by atoms with Crippen LogP contribution < -0.4 is 30.2 Å². The topological polar surface area (TPSA) is 124 Å². The van der Waals surface area contributed by atoms with Crippen molar-refractivity contribution in [3.8, 4) is 23.6 Å². The summed E-state index contributed by atoms with van der Waals surface area (Å²) < 4.78 is 22.3. The maximum absolute atomic E-state index is 12.8. The molecule has 0 saturated carbocycles. The van der Waals surface area contributed by atoms with Gasteiger partial charge in [-0.3, -0.25) is 4.79 Å². The Kier molecular flexibility index (Phi) is 9.47. The maximum atomic E-state index is 12.8. The van der Waals surface area contributed by atoms with Crippen LogP contribution in [0.4, 0.5) is 11.6 Å². The summed E-state index contributed by atoms with van der Waals surface area (Å²) in [5, 5.41) is 6.95. The molecule has 3 heterocycles. The Balaban J connectivity index is 1.64. The van der Waals surface area contributed by atoms with Crippen LogP contribution in [0.5, 0.6) is 23.6 Å². The second-order valence-electron chi connectivity index (χ2n) is 9.68. The van der Waals surface area contributed by atoms with Crippen molar-refractivity contribution in [2.75, 3.05) is 52.0 Å². The molecule has 0 atom stereocenters. The molecule has 3 aromatic heterocycles. The van der Waals surface area contributed by atoms with Gasteiger partial charge in [0, 0.05) is 24.0 Å². The number of furan rings is 1. The van der Waals surface area contributed by atoms with Crippen LogP contribution in [0.15, 0.2) is 34.7 Å². The predicted octanol–water partition coefficient (Wildman–Crippen LogP) is 3.36. The smallest absolute Gasteiger partial charge is 0.291 e. The molecule has 0 aliphatic heterocycles. The molecule has 0 unspecified atom stereocenters. The first-order chi connectivity index (χ1) is 17.6. The molecule has 2 N–H and O–H groups in total. The average Bonchev–Trinajstić information content (AvgIpc) is 3.28. The van der Waals surface area contributed by atoms with E-state index < -0.39 is 8.07 Å². The molecule has 37 heavy (non-hydrogen) atoms. The van der Waals surface area contributed by atoms with Crippen molar-refractivity contribution >= 4 is 30.9 Å². The third-order valence-corrected chi connectivity index (χ3v) is 7.04. The summed E-state index contributed by atoms with van der Waals surface area (Å²) in [5.41, 5.74) is 0.240. The van der Waals surface area contributed by atoms with Gasteiger partial charge in [0.25, 0.3) is 5.95 Å². The second-order valence-corrected chi connectivity index (χ2v) is 14.7. The van der Waals surface area contributed by atoms with Crippen molar-refractivity contribution in [1.82, 2.24) is 19.9 Å². The van der Waals surface area contributed by atoms with Crippen LogP contribution in [-0.4, -0.2) is 75.2 Å². The highest BCUT2D eigenvalue weighted by molar-refractivity contribution is 6.88. The van der Waals surface area contributed by atoms with Crippen LogP contribution in [0.1, 0.15) is 12.2 Å². The van der Waals surface area contributed by atoms with Crippen LogP contribution in [0.25, 0.3) is 0 Å². The SMILES string of the molecule is COc1nc(NCCCN(C)C)nc(OC)c1NC(=O)Cc1ccc(Oc2cccc([Si](C)(C)C)n2)o1. The van der Waals surface area contributed by atoms with E-state index in [1.807, 2.05) is 26.2 Å². The van der Waals surface area contributed by atoms with Crippen LogP contribution in [0.2, 0.25) is 19.6 Å². The highest BCUT2D eigenvalue weighted by atomic mass is 28.3. The molecule has 0 saturated heterocycles. The molecule has 12 heteroatoms. The lowest BCUT2D eigenvalue weighted by molar-refractivity contribution is -0.115. The fraction of sp³-hybridized carbons (Fsp3) is 0.440. The number of ether oxygens (including phenoxy) is 3. The number of nitrogens with zero attached hydrogens (tertiary/aromatic N) is 4. The summed E-state index contributed by atoms with van der Waals surface area (Å²) in [6.07, 6.45) is 0.872. The van der Waals surface area contributed by atoms with Gasteiger partial charge in [0.1, 0.15) is 13.8 Å². The van der Waals surface area contributed by atoms with E-state index in [2.05, 4.69) is 50.1 Å². The highest BCUT2D eigenvalue weighted by Gasteiger charge is 2.21. The van der Waals surface area contributed by atoms with Crippen LogP contribution >= 0.6 is 0 Å². The third-order valence-electron chi connectivity index (χ3n) is 5.23. The lowest BCUT2D eigenvalue weighted by Gasteiger charge is -2.15. The fourth-order valence-corrected chi connectivity index (χ4v) is 4.38. The molecule has 0 aromatic carbocycles. The normalized spacial score (nSPS) is 11.4. The molecule has 0 fully saturated rings. The van der Waals surface area contributed by atoms with E-state index in [4.69, 9.17) is 18.6 Å². The van der Waals surface area contributed by atoms with Crippen molar-refractivity contribution in [3.63, 3.8) is 0 Å². The van der Waals surface area contributed by atoms with E-state index in [9.17, 15) is 4.79 Å². The number of amides is 1. The van der Waals surface area contributed by atoms with E-state index in [0.29, 0.717) is 24.1 Å². The van der Waals surface area contributed by atoms with Gasteiger partial charge in [-0.25, -0.2) is 4.98 Å². The summed E-state index contributed by atoms with van der Waals surface area (Å²) in [5.74, 6) is 1.50. The number of hydrogen-bond donors (Lipinski definition) is 2. The summed E-state index contributed by atoms with van der Waals surface area (Å²) >= 11 is 0. The molecule has 3 aromatic rings. The van der Waals surface area contributed by atoms with Gasteiger partial charge in [-0.05, 0) is 39.2 Å². The van der Waals surface area contributed by atoms with Crippen molar-refractivity contribution < 1.29 is 23.4 Å². The zero-order valence-corrected chi connectivity index (χ0v) is 23.5. The Labute approximate surface area is 218 Å². The molecule has 3 rings (SSSR count). The lowest BCUT2D eigenvalue weighted by atomic mass is 10.3. The number of aromatic nitrogens is 3. The standard InChI is InChI=1S/C25H36N6O5Si/c1-31(2)15-9-14-26-25-29-23(33-3)22(24(30-25)34-4)27-18(32)16-17-12-13-21(35-17)36-19-10-8-11-20(28-19)37(5,6)7/h8,10-13H,9,14-16H2,1-7H3,(H,27,32)(H,26,29,30). The highest BCUT2D eigenvalue weighted by Crippen LogP contribution is 2.32. The number of anilines is 2. The molecular formula is C25H36N6O5Si. The zero-order chi connectivity index (χ0) is 27.0. The number of methoxy groups -OCH3 is 2. The van der Waals surface area contributed by atoms with Crippen LogP contribution in [-0.2, 0) is 11.2 Å². The Morgan fingerprint density at radius 2 is 1.73 bits per heavy atom. The molecule has 200 valence electrons. The molecule has 0 bridgehead atoms. The third kappa shape index (κ3) is 8.19. The van der Waals surface area contributed by atoms with Gasteiger partial charge in [0.05, 0.1) is 20.6 Å². The largest absolute Gasteiger partial charge is 0.479 e. The quantitative estimate of drug-likeness (QED) is 0.252. The van der Waals surface area contributed by atoms with Crippen LogP contribution in [0, 0.1) is 0 Å². The molecule has 0 aliphatic carbocycles. The van der Waals surface area contributed by atoms with E-state index in [-0.39, 0.29) is 35.7 Å². The number of rotatable bonds is 13. The maximum Gasteiger partial charge on any atom is 0.291 e. The zero-order valence-electron chi connectivity index (χ0n) is 22.5. The molecule has 0 spiro atoms. The number of carbonyl (C=O) groups excluding carboxylic acids is 1. The first-order valence-corrected chi connectivity index (χ1v) is 15.5. The van der Waals surface area contributed by atoms with E-state index >= 15 is 0 Å². The predicted molar refractivity (Wildman–Crippen MR) is 145 cm³/mol. The first-order valence-electron chi connectivity index (χ1n) is 12.0. The Morgan fingerprint density at radius 3 is 2.35 bits per heavy atom. The minimum atomic E-state index is -1.58. The van der Waals surface area contributed by atoms with Crippen molar-refractivity contribution in [1.29, 1.82) is 0 Å². The van der Waals surface area contributed by atoms with Gasteiger partial charge in [-0.1, -0.05) is 25.7 Å². The molecule has 11 nitrogen and oxygen atoms in total. The van der Waals surface area contributed by atoms with E-state index in [1.54, 1.807) is 18.2 Å².